The van der Waals surface area contributed by atoms with Crippen LogP contribution in [-0.2, 0) is 16.1 Å². The number of esters is 1. The van der Waals surface area contributed by atoms with E-state index < -0.39 is 6.04 Å². The van der Waals surface area contributed by atoms with E-state index in [1.807, 2.05) is 48.5 Å². The SMILES string of the molecule is O=C(NCc1ccccc1-c1ccc(Cl)cc1)N[C@H]1CCOC1=O. The van der Waals surface area contributed by atoms with Crippen LogP contribution in [0.15, 0.2) is 48.5 Å². The van der Waals surface area contributed by atoms with Crippen molar-refractivity contribution in [1.29, 1.82) is 0 Å². The second kappa shape index (κ2) is 7.36. The molecule has 6 heteroatoms. The Balaban J connectivity index is 1.66. The third-order valence-electron chi connectivity index (χ3n) is 3.85. The standard InChI is InChI=1S/C18H17ClN2O3/c19-14-7-5-12(6-8-14)15-4-2-1-3-13(15)11-20-18(23)21-16-9-10-24-17(16)22/h1-8,16H,9-11H2,(H2,20,21,23)/t16-/m0/s1. The molecule has 1 heterocycles. The van der Waals surface area contributed by atoms with E-state index in [0.29, 0.717) is 24.6 Å². The number of hydrogen-bond donors (Lipinski definition) is 2. The highest BCUT2D eigenvalue weighted by Crippen LogP contribution is 2.25. The Kier molecular flexibility index (Phi) is 5.01. The van der Waals surface area contributed by atoms with Crippen LogP contribution in [0.2, 0.25) is 5.02 Å². The quantitative estimate of drug-likeness (QED) is 0.837. The number of halogens is 1. The Hall–Kier alpha value is -2.53. The smallest absolute Gasteiger partial charge is 0.328 e. The molecule has 124 valence electrons. The number of nitrogens with one attached hydrogen (secondary N) is 2. The summed E-state index contributed by atoms with van der Waals surface area (Å²) in [5.41, 5.74) is 3.02. The largest absolute Gasteiger partial charge is 0.464 e. The number of benzene rings is 2. The van der Waals surface area contributed by atoms with E-state index in [1.165, 1.54) is 0 Å². The van der Waals surface area contributed by atoms with Crippen LogP contribution in [0, 0.1) is 0 Å². The van der Waals surface area contributed by atoms with Gasteiger partial charge in [0, 0.05) is 18.0 Å². The van der Waals surface area contributed by atoms with Gasteiger partial charge < -0.3 is 15.4 Å². The highest BCUT2D eigenvalue weighted by atomic mass is 35.5. The van der Waals surface area contributed by atoms with Gasteiger partial charge >= 0.3 is 12.0 Å². The van der Waals surface area contributed by atoms with E-state index in [1.54, 1.807) is 0 Å². The molecule has 2 aromatic carbocycles. The van der Waals surface area contributed by atoms with Crippen molar-refractivity contribution in [3.8, 4) is 11.1 Å². The maximum atomic E-state index is 12.0. The first-order valence-electron chi connectivity index (χ1n) is 7.68. The zero-order chi connectivity index (χ0) is 16.9. The maximum Gasteiger partial charge on any atom is 0.328 e. The summed E-state index contributed by atoms with van der Waals surface area (Å²) < 4.78 is 4.82. The molecule has 0 saturated carbocycles. The molecule has 2 aromatic rings. The van der Waals surface area contributed by atoms with Crippen LogP contribution in [0.1, 0.15) is 12.0 Å². The van der Waals surface area contributed by atoms with Crippen molar-refractivity contribution in [3.05, 3.63) is 59.1 Å². The fourth-order valence-corrected chi connectivity index (χ4v) is 2.72. The van der Waals surface area contributed by atoms with Crippen molar-refractivity contribution >= 4 is 23.6 Å². The van der Waals surface area contributed by atoms with Gasteiger partial charge in [-0.25, -0.2) is 9.59 Å². The number of carbonyl (C=O) groups excluding carboxylic acids is 2. The lowest BCUT2D eigenvalue weighted by molar-refractivity contribution is -0.139. The van der Waals surface area contributed by atoms with Gasteiger partial charge in [-0.3, -0.25) is 0 Å². The number of cyclic esters (lactones) is 1. The Labute approximate surface area is 145 Å². The number of ether oxygens (including phenoxy) is 1. The minimum absolute atomic E-state index is 0.350. The molecule has 0 aromatic heterocycles. The van der Waals surface area contributed by atoms with E-state index in [-0.39, 0.29) is 12.0 Å². The van der Waals surface area contributed by atoms with Crippen molar-refractivity contribution in [1.82, 2.24) is 10.6 Å². The summed E-state index contributed by atoms with van der Waals surface area (Å²) in [4.78, 5) is 23.3. The van der Waals surface area contributed by atoms with Crippen LogP contribution in [0.4, 0.5) is 4.79 Å². The fraction of sp³-hybridized carbons (Fsp3) is 0.222. The predicted octanol–water partition coefficient (Wildman–Crippen LogP) is 3.12. The zero-order valence-corrected chi connectivity index (χ0v) is 13.7. The third kappa shape index (κ3) is 3.86. The van der Waals surface area contributed by atoms with Crippen LogP contribution in [0.25, 0.3) is 11.1 Å². The average Bonchev–Trinajstić information content (AvgIpc) is 2.99. The molecule has 0 spiro atoms. The van der Waals surface area contributed by atoms with Crippen molar-refractivity contribution < 1.29 is 14.3 Å². The summed E-state index contributed by atoms with van der Waals surface area (Å²) in [5, 5.41) is 6.09. The van der Waals surface area contributed by atoms with E-state index >= 15 is 0 Å². The lowest BCUT2D eigenvalue weighted by Crippen LogP contribution is -2.43. The lowest BCUT2D eigenvalue weighted by atomic mass is 10.00. The van der Waals surface area contributed by atoms with Crippen molar-refractivity contribution in [2.24, 2.45) is 0 Å². The highest BCUT2D eigenvalue weighted by molar-refractivity contribution is 6.30. The van der Waals surface area contributed by atoms with Gasteiger partial charge in [0.15, 0.2) is 0 Å². The molecule has 2 amide bonds. The maximum absolute atomic E-state index is 12.0. The first kappa shape index (κ1) is 16.3. The van der Waals surface area contributed by atoms with Crippen LogP contribution < -0.4 is 10.6 Å². The molecular formula is C18H17ClN2O3. The summed E-state index contributed by atoms with van der Waals surface area (Å²) in [5.74, 6) is -0.383. The first-order chi connectivity index (χ1) is 11.6. The second-order valence-corrected chi connectivity index (χ2v) is 5.94. The Morgan fingerprint density at radius 2 is 1.92 bits per heavy atom. The topological polar surface area (TPSA) is 67.4 Å². The summed E-state index contributed by atoms with van der Waals surface area (Å²) in [6.07, 6.45) is 0.508. The minimum atomic E-state index is -0.559. The van der Waals surface area contributed by atoms with E-state index in [2.05, 4.69) is 10.6 Å². The van der Waals surface area contributed by atoms with Gasteiger partial charge in [-0.05, 0) is 28.8 Å². The average molecular weight is 345 g/mol. The first-order valence-corrected chi connectivity index (χ1v) is 8.06. The van der Waals surface area contributed by atoms with Gasteiger partial charge in [-0.1, -0.05) is 48.0 Å². The number of carbonyl (C=O) groups is 2. The summed E-state index contributed by atoms with van der Waals surface area (Å²) in [6.45, 7) is 0.704. The predicted molar refractivity (Wildman–Crippen MR) is 91.6 cm³/mol. The minimum Gasteiger partial charge on any atom is -0.464 e. The molecule has 24 heavy (non-hydrogen) atoms. The van der Waals surface area contributed by atoms with Gasteiger partial charge in [0.1, 0.15) is 6.04 Å². The molecule has 1 saturated heterocycles. The van der Waals surface area contributed by atoms with Gasteiger partial charge in [-0.15, -0.1) is 0 Å². The van der Waals surface area contributed by atoms with E-state index in [4.69, 9.17) is 16.3 Å². The van der Waals surface area contributed by atoms with Crippen molar-refractivity contribution in [2.45, 2.75) is 19.0 Å². The van der Waals surface area contributed by atoms with Gasteiger partial charge in [0.25, 0.3) is 0 Å². The van der Waals surface area contributed by atoms with Crippen LogP contribution in [0.5, 0.6) is 0 Å². The van der Waals surface area contributed by atoms with Gasteiger partial charge in [-0.2, -0.15) is 0 Å². The van der Waals surface area contributed by atoms with Gasteiger partial charge in [0.2, 0.25) is 0 Å². The molecule has 0 aliphatic carbocycles. The summed E-state index contributed by atoms with van der Waals surface area (Å²) in [6, 6.07) is 14.4. The van der Waals surface area contributed by atoms with Gasteiger partial charge in [0.05, 0.1) is 6.61 Å². The molecule has 3 rings (SSSR count). The Morgan fingerprint density at radius 3 is 2.62 bits per heavy atom. The highest BCUT2D eigenvalue weighted by Gasteiger charge is 2.27. The van der Waals surface area contributed by atoms with Crippen LogP contribution in [0.3, 0.4) is 0 Å². The Bertz CT molecular complexity index is 746. The number of hydrogen-bond acceptors (Lipinski definition) is 3. The van der Waals surface area contributed by atoms with Crippen LogP contribution in [-0.4, -0.2) is 24.6 Å². The fourth-order valence-electron chi connectivity index (χ4n) is 2.60. The summed E-state index contributed by atoms with van der Waals surface area (Å²) in [7, 11) is 0. The van der Waals surface area contributed by atoms with Crippen molar-refractivity contribution in [3.63, 3.8) is 0 Å². The molecule has 1 aliphatic heterocycles. The molecule has 2 N–H and O–H groups in total. The normalized spacial score (nSPS) is 16.5. The molecule has 0 bridgehead atoms. The number of rotatable bonds is 4. The second-order valence-electron chi connectivity index (χ2n) is 5.50. The monoisotopic (exact) mass is 344 g/mol. The summed E-state index contributed by atoms with van der Waals surface area (Å²) >= 11 is 5.93. The zero-order valence-electron chi connectivity index (χ0n) is 12.9. The molecular weight excluding hydrogens is 328 g/mol. The van der Waals surface area contributed by atoms with Crippen molar-refractivity contribution in [2.75, 3.05) is 6.61 Å². The molecule has 5 nitrogen and oxygen atoms in total. The molecule has 1 atom stereocenters. The molecule has 1 fully saturated rings. The molecule has 0 radical (unpaired) electrons. The molecule has 1 aliphatic rings. The lowest BCUT2D eigenvalue weighted by Gasteiger charge is -2.13. The number of amides is 2. The van der Waals surface area contributed by atoms with E-state index in [9.17, 15) is 9.59 Å². The van der Waals surface area contributed by atoms with E-state index in [0.717, 1.165) is 16.7 Å². The Morgan fingerprint density at radius 1 is 1.17 bits per heavy atom. The number of urea groups is 1. The van der Waals surface area contributed by atoms with Crippen LogP contribution >= 0.6 is 11.6 Å². The third-order valence-corrected chi connectivity index (χ3v) is 4.10. The molecule has 0 unspecified atom stereocenters.